The van der Waals surface area contributed by atoms with Crippen molar-refractivity contribution >= 4 is 16.8 Å². The summed E-state index contributed by atoms with van der Waals surface area (Å²) < 4.78 is 0. The number of carbonyl (C=O) groups excluding carboxylic acids is 1. The van der Waals surface area contributed by atoms with E-state index in [2.05, 4.69) is 23.2 Å². The van der Waals surface area contributed by atoms with E-state index >= 15 is 0 Å². The first-order chi connectivity index (χ1) is 9.11. The van der Waals surface area contributed by atoms with Crippen LogP contribution in [-0.4, -0.2) is 36.4 Å². The molecule has 0 spiro atoms. The average molecular weight is 259 g/mol. The highest BCUT2D eigenvalue weighted by molar-refractivity contribution is 5.84. The number of nitrogens with one attached hydrogen (secondary N) is 1. The molecule has 0 aliphatic carbocycles. The molecule has 0 saturated carbocycles. The lowest BCUT2D eigenvalue weighted by Crippen LogP contribution is -2.21. The summed E-state index contributed by atoms with van der Waals surface area (Å²) in [6.45, 7) is 0.659. The van der Waals surface area contributed by atoms with Crippen LogP contribution in [0.4, 0.5) is 0 Å². The van der Waals surface area contributed by atoms with Gasteiger partial charge in [-0.25, -0.2) is 0 Å². The lowest BCUT2D eigenvalue weighted by Gasteiger charge is -2.09. The number of nitrogens with zero attached hydrogens (tertiary/aromatic N) is 1. The molecule has 19 heavy (non-hydrogen) atoms. The van der Waals surface area contributed by atoms with Crippen molar-refractivity contribution in [2.75, 3.05) is 20.6 Å². The normalized spacial score (nSPS) is 10.9. The molecule has 4 nitrogen and oxygen atoms in total. The van der Waals surface area contributed by atoms with Crippen LogP contribution in [0.3, 0.4) is 0 Å². The Morgan fingerprint density at radius 3 is 2.79 bits per heavy atom. The van der Waals surface area contributed by atoms with Crippen LogP contribution in [0.1, 0.15) is 17.5 Å². The second-order valence-electron chi connectivity index (χ2n) is 5.02. The number of amides is 1. The number of hydrogen-bond donors (Lipinski definition) is 2. The molecule has 0 unspecified atom stereocenters. The lowest BCUT2D eigenvalue weighted by atomic mass is 10.0. The van der Waals surface area contributed by atoms with E-state index in [9.17, 15) is 4.79 Å². The third kappa shape index (κ3) is 3.15. The minimum absolute atomic E-state index is 0.162. The summed E-state index contributed by atoms with van der Waals surface area (Å²) in [6, 6.07) is 6.34. The van der Waals surface area contributed by atoms with E-state index in [1.165, 1.54) is 16.5 Å². The molecule has 102 valence electrons. The largest absolute Gasteiger partial charge is 0.361 e. The summed E-state index contributed by atoms with van der Waals surface area (Å²) in [5.74, 6) is 0.162. The predicted octanol–water partition coefficient (Wildman–Crippen LogP) is 1.69. The molecule has 0 saturated heterocycles. The SMILES string of the molecule is CN(C)C(=O)CCc1ccc2c(CCN)c[nH]c2c1. The van der Waals surface area contributed by atoms with Crippen molar-refractivity contribution in [1.82, 2.24) is 9.88 Å². The zero-order valence-corrected chi connectivity index (χ0v) is 11.6. The van der Waals surface area contributed by atoms with Crippen molar-refractivity contribution in [2.45, 2.75) is 19.3 Å². The van der Waals surface area contributed by atoms with Crippen molar-refractivity contribution in [1.29, 1.82) is 0 Å². The van der Waals surface area contributed by atoms with Gasteiger partial charge in [0.15, 0.2) is 0 Å². The standard InChI is InChI=1S/C15H21N3O/c1-18(2)15(19)6-4-11-3-5-13-12(7-8-16)10-17-14(13)9-11/h3,5,9-10,17H,4,6-8,16H2,1-2H3. The van der Waals surface area contributed by atoms with E-state index in [1.54, 1.807) is 19.0 Å². The van der Waals surface area contributed by atoms with Crippen LogP contribution < -0.4 is 5.73 Å². The summed E-state index contributed by atoms with van der Waals surface area (Å²) in [4.78, 5) is 16.5. The summed E-state index contributed by atoms with van der Waals surface area (Å²) >= 11 is 0. The highest BCUT2D eigenvalue weighted by atomic mass is 16.2. The first-order valence-electron chi connectivity index (χ1n) is 6.61. The van der Waals surface area contributed by atoms with E-state index in [0.29, 0.717) is 13.0 Å². The Morgan fingerprint density at radius 1 is 1.32 bits per heavy atom. The maximum atomic E-state index is 11.6. The molecular formula is C15H21N3O. The van der Waals surface area contributed by atoms with Gasteiger partial charge in [0.2, 0.25) is 5.91 Å². The number of rotatable bonds is 5. The molecule has 1 heterocycles. The lowest BCUT2D eigenvalue weighted by molar-refractivity contribution is -0.128. The highest BCUT2D eigenvalue weighted by Gasteiger charge is 2.07. The van der Waals surface area contributed by atoms with Crippen LogP contribution in [-0.2, 0) is 17.6 Å². The first kappa shape index (κ1) is 13.6. The van der Waals surface area contributed by atoms with Crippen molar-refractivity contribution in [3.05, 3.63) is 35.5 Å². The van der Waals surface area contributed by atoms with Gasteiger partial charge in [-0.3, -0.25) is 4.79 Å². The topological polar surface area (TPSA) is 62.1 Å². The van der Waals surface area contributed by atoms with Gasteiger partial charge in [-0.2, -0.15) is 0 Å². The fourth-order valence-electron chi connectivity index (χ4n) is 2.23. The van der Waals surface area contributed by atoms with E-state index in [0.717, 1.165) is 18.4 Å². The molecule has 1 aromatic heterocycles. The van der Waals surface area contributed by atoms with Crippen LogP contribution >= 0.6 is 0 Å². The van der Waals surface area contributed by atoms with Gasteiger partial charge in [-0.05, 0) is 36.6 Å². The number of aryl methyl sites for hydroxylation is 1. The second kappa shape index (κ2) is 5.89. The van der Waals surface area contributed by atoms with E-state index in [4.69, 9.17) is 5.73 Å². The quantitative estimate of drug-likeness (QED) is 0.858. The number of nitrogens with two attached hydrogens (primary N) is 1. The van der Waals surface area contributed by atoms with E-state index in [1.807, 2.05) is 6.20 Å². The fourth-order valence-corrected chi connectivity index (χ4v) is 2.23. The molecular weight excluding hydrogens is 238 g/mol. The number of aromatic amines is 1. The van der Waals surface area contributed by atoms with Crippen LogP contribution in [0.2, 0.25) is 0 Å². The monoisotopic (exact) mass is 259 g/mol. The fraction of sp³-hybridized carbons (Fsp3) is 0.400. The molecule has 0 aliphatic heterocycles. The van der Waals surface area contributed by atoms with Crippen LogP contribution in [0.5, 0.6) is 0 Å². The Bertz CT molecular complexity index is 572. The Hall–Kier alpha value is -1.81. The number of hydrogen-bond acceptors (Lipinski definition) is 2. The van der Waals surface area contributed by atoms with Gasteiger partial charge in [-0.15, -0.1) is 0 Å². The number of H-pyrrole nitrogens is 1. The summed E-state index contributed by atoms with van der Waals surface area (Å²) in [6.07, 6.45) is 4.23. The first-order valence-corrected chi connectivity index (χ1v) is 6.61. The Labute approximate surface area is 113 Å². The Morgan fingerprint density at radius 2 is 2.11 bits per heavy atom. The van der Waals surface area contributed by atoms with Gasteiger partial charge in [0.05, 0.1) is 0 Å². The van der Waals surface area contributed by atoms with Crippen molar-refractivity contribution in [2.24, 2.45) is 5.73 Å². The molecule has 4 heteroatoms. The maximum Gasteiger partial charge on any atom is 0.222 e. The van der Waals surface area contributed by atoms with Crippen LogP contribution in [0.15, 0.2) is 24.4 Å². The summed E-state index contributed by atoms with van der Waals surface area (Å²) in [7, 11) is 3.57. The second-order valence-corrected chi connectivity index (χ2v) is 5.02. The van der Waals surface area contributed by atoms with Crippen molar-refractivity contribution < 1.29 is 4.79 Å². The molecule has 0 bridgehead atoms. The summed E-state index contributed by atoms with van der Waals surface area (Å²) in [5.41, 5.74) is 9.16. The van der Waals surface area contributed by atoms with Gasteiger partial charge in [0.25, 0.3) is 0 Å². The minimum atomic E-state index is 0.162. The molecule has 0 fully saturated rings. The van der Waals surface area contributed by atoms with E-state index in [-0.39, 0.29) is 5.91 Å². The van der Waals surface area contributed by atoms with Crippen LogP contribution in [0, 0.1) is 0 Å². The number of carbonyl (C=O) groups is 1. The third-order valence-corrected chi connectivity index (χ3v) is 3.37. The Balaban J connectivity index is 2.12. The molecule has 2 aromatic rings. The Kier molecular flexibility index (Phi) is 4.22. The zero-order valence-electron chi connectivity index (χ0n) is 11.6. The summed E-state index contributed by atoms with van der Waals surface area (Å²) in [5, 5.41) is 1.23. The number of benzene rings is 1. The molecule has 0 radical (unpaired) electrons. The average Bonchev–Trinajstić information content (AvgIpc) is 2.79. The maximum absolute atomic E-state index is 11.6. The molecule has 0 atom stereocenters. The zero-order chi connectivity index (χ0) is 13.8. The number of aromatic nitrogens is 1. The third-order valence-electron chi connectivity index (χ3n) is 3.37. The predicted molar refractivity (Wildman–Crippen MR) is 78.1 cm³/mol. The molecule has 1 aromatic carbocycles. The molecule has 0 aliphatic rings. The molecule has 1 amide bonds. The van der Waals surface area contributed by atoms with Gasteiger partial charge in [-0.1, -0.05) is 12.1 Å². The smallest absolute Gasteiger partial charge is 0.222 e. The van der Waals surface area contributed by atoms with Gasteiger partial charge in [0.1, 0.15) is 0 Å². The minimum Gasteiger partial charge on any atom is -0.361 e. The van der Waals surface area contributed by atoms with Crippen molar-refractivity contribution in [3.8, 4) is 0 Å². The van der Waals surface area contributed by atoms with Gasteiger partial charge < -0.3 is 15.6 Å². The highest BCUT2D eigenvalue weighted by Crippen LogP contribution is 2.20. The number of fused-ring (bicyclic) bond motifs is 1. The van der Waals surface area contributed by atoms with Gasteiger partial charge >= 0.3 is 0 Å². The molecule has 3 N–H and O–H groups in total. The molecule has 2 rings (SSSR count). The van der Waals surface area contributed by atoms with Crippen molar-refractivity contribution in [3.63, 3.8) is 0 Å². The van der Waals surface area contributed by atoms with E-state index < -0.39 is 0 Å². The van der Waals surface area contributed by atoms with Crippen LogP contribution in [0.25, 0.3) is 10.9 Å². The van der Waals surface area contributed by atoms with Gasteiger partial charge in [0, 0.05) is 37.6 Å².